The van der Waals surface area contributed by atoms with E-state index in [0.717, 1.165) is 21.5 Å². The molecule has 0 aliphatic heterocycles. The molecule has 4 heteroatoms. The van der Waals surface area contributed by atoms with E-state index in [1.165, 1.54) is 11.3 Å². The molecule has 3 nitrogen and oxygen atoms in total. The summed E-state index contributed by atoms with van der Waals surface area (Å²) >= 11 is 1.49. The van der Waals surface area contributed by atoms with Gasteiger partial charge in [-0.2, -0.15) is 5.26 Å². The highest BCUT2D eigenvalue weighted by molar-refractivity contribution is 7.16. The first kappa shape index (κ1) is 10.8. The monoisotopic (exact) mass is 232 g/mol. The third kappa shape index (κ3) is 1.59. The number of nitriles is 1. The summed E-state index contributed by atoms with van der Waals surface area (Å²) in [7, 11) is 1.62. The highest BCUT2D eigenvalue weighted by atomic mass is 32.1. The zero-order chi connectivity index (χ0) is 11.7. The first-order valence-electron chi connectivity index (χ1n) is 4.90. The molecule has 0 fully saturated rings. The number of methoxy groups -OCH3 is 1. The Balaban J connectivity index is 2.64. The second kappa shape index (κ2) is 4.03. The molecule has 0 saturated heterocycles. The predicted octanol–water partition coefficient (Wildman–Crippen LogP) is 3.04. The SMILES string of the molecule is COc1cc(C#N)c(-n2c(C)ccc2C)s1. The number of hydrogen-bond donors (Lipinski definition) is 0. The molecule has 0 aliphatic rings. The molecule has 0 aliphatic carbocycles. The van der Waals surface area contributed by atoms with Crippen LogP contribution in [0.5, 0.6) is 5.06 Å². The van der Waals surface area contributed by atoms with Crippen molar-refractivity contribution >= 4 is 11.3 Å². The Morgan fingerprint density at radius 1 is 1.31 bits per heavy atom. The fraction of sp³-hybridized carbons (Fsp3) is 0.250. The van der Waals surface area contributed by atoms with E-state index in [9.17, 15) is 0 Å². The maximum atomic E-state index is 9.10. The molecule has 2 aromatic rings. The number of nitrogens with zero attached hydrogens (tertiary/aromatic N) is 2. The molecule has 0 amide bonds. The summed E-state index contributed by atoms with van der Waals surface area (Å²) in [6.07, 6.45) is 0. The molecule has 2 heterocycles. The lowest BCUT2D eigenvalue weighted by Gasteiger charge is -2.06. The van der Waals surface area contributed by atoms with Crippen LogP contribution in [-0.4, -0.2) is 11.7 Å². The van der Waals surface area contributed by atoms with E-state index < -0.39 is 0 Å². The Morgan fingerprint density at radius 2 is 1.94 bits per heavy atom. The van der Waals surface area contributed by atoms with Gasteiger partial charge in [0, 0.05) is 17.5 Å². The highest BCUT2D eigenvalue weighted by Gasteiger charge is 2.13. The van der Waals surface area contributed by atoms with Crippen molar-refractivity contribution in [2.45, 2.75) is 13.8 Å². The Hall–Kier alpha value is -1.73. The molecular formula is C12H12N2OS. The summed E-state index contributed by atoms with van der Waals surface area (Å²) in [6, 6.07) is 8.07. The van der Waals surface area contributed by atoms with E-state index in [0.29, 0.717) is 5.56 Å². The topological polar surface area (TPSA) is 37.9 Å². The quantitative estimate of drug-likeness (QED) is 0.798. The summed E-state index contributed by atoms with van der Waals surface area (Å²) in [5.41, 5.74) is 2.90. The highest BCUT2D eigenvalue weighted by Crippen LogP contribution is 2.33. The predicted molar refractivity (Wildman–Crippen MR) is 64.4 cm³/mol. The van der Waals surface area contributed by atoms with Gasteiger partial charge in [-0.25, -0.2) is 0 Å². The van der Waals surface area contributed by atoms with Crippen LogP contribution in [0.25, 0.3) is 5.00 Å². The van der Waals surface area contributed by atoms with Gasteiger partial charge in [0.05, 0.1) is 12.7 Å². The normalized spacial score (nSPS) is 10.1. The van der Waals surface area contributed by atoms with Gasteiger partial charge in [-0.05, 0) is 26.0 Å². The van der Waals surface area contributed by atoms with Gasteiger partial charge in [-0.15, -0.1) is 0 Å². The first-order valence-corrected chi connectivity index (χ1v) is 5.72. The Morgan fingerprint density at radius 3 is 2.44 bits per heavy atom. The number of hydrogen-bond acceptors (Lipinski definition) is 3. The summed E-state index contributed by atoms with van der Waals surface area (Å²) in [4.78, 5) is 0. The lowest BCUT2D eigenvalue weighted by Crippen LogP contribution is -1.97. The van der Waals surface area contributed by atoms with E-state index >= 15 is 0 Å². The van der Waals surface area contributed by atoms with Crippen molar-refractivity contribution in [2.75, 3.05) is 7.11 Å². The van der Waals surface area contributed by atoms with Gasteiger partial charge >= 0.3 is 0 Å². The largest absolute Gasteiger partial charge is 0.487 e. The molecule has 0 radical (unpaired) electrons. The van der Waals surface area contributed by atoms with E-state index in [1.807, 2.05) is 26.0 Å². The first-order chi connectivity index (χ1) is 7.67. The smallest absolute Gasteiger partial charge is 0.176 e. The van der Waals surface area contributed by atoms with E-state index in [4.69, 9.17) is 10.00 Å². The van der Waals surface area contributed by atoms with Gasteiger partial charge in [0.25, 0.3) is 0 Å². The molecule has 0 atom stereocenters. The zero-order valence-electron chi connectivity index (χ0n) is 9.44. The number of rotatable bonds is 2. The third-order valence-electron chi connectivity index (χ3n) is 2.49. The molecule has 82 valence electrons. The van der Waals surface area contributed by atoms with Crippen molar-refractivity contribution in [2.24, 2.45) is 0 Å². The van der Waals surface area contributed by atoms with E-state index in [1.54, 1.807) is 13.2 Å². The standard InChI is InChI=1S/C12H12N2OS/c1-8-4-5-9(2)14(8)12-10(7-13)6-11(15-3)16-12/h4-6H,1-3H3. The molecule has 16 heavy (non-hydrogen) atoms. The lowest BCUT2D eigenvalue weighted by molar-refractivity contribution is 0.427. The molecule has 0 aromatic carbocycles. The molecule has 0 bridgehead atoms. The van der Waals surface area contributed by atoms with Crippen LogP contribution in [0, 0.1) is 25.2 Å². The minimum Gasteiger partial charge on any atom is -0.487 e. The van der Waals surface area contributed by atoms with Gasteiger partial charge in [0.1, 0.15) is 11.1 Å². The van der Waals surface area contributed by atoms with Crippen LogP contribution in [0.3, 0.4) is 0 Å². The van der Waals surface area contributed by atoms with Gasteiger partial charge in [0.15, 0.2) is 5.06 Å². The van der Waals surface area contributed by atoms with Crippen molar-refractivity contribution in [1.29, 1.82) is 5.26 Å². The summed E-state index contributed by atoms with van der Waals surface area (Å²) in [5.74, 6) is 0. The van der Waals surface area contributed by atoms with Gasteiger partial charge < -0.3 is 9.30 Å². The minimum atomic E-state index is 0.657. The average molecular weight is 232 g/mol. The van der Waals surface area contributed by atoms with Crippen molar-refractivity contribution in [3.8, 4) is 16.1 Å². The van der Waals surface area contributed by atoms with Crippen molar-refractivity contribution in [3.05, 3.63) is 35.2 Å². The van der Waals surface area contributed by atoms with Crippen LogP contribution in [-0.2, 0) is 0 Å². The number of aryl methyl sites for hydroxylation is 2. The summed E-state index contributed by atoms with van der Waals surface area (Å²) < 4.78 is 7.24. The fourth-order valence-corrected chi connectivity index (χ4v) is 2.74. The Bertz CT molecular complexity index is 541. The summed E-state index contributed by atoms with van der Waals surface area (Å²) in [5, 5.41) is 10.8. The van der Waals surface area contributed by atoms with Crippen LogP contribution >= 0.6 is 11.3 Å². The van der Waals surface area contributed by atoms with Crippen molar-refractivity contribution in [1.82, 2.24) is 4.57 Å². The van der Waals surface area contributed by atoms with Crippen LogP contribution in [0.2, 0.25) is 0 Å². The Kier molecular flexibility index (Phi) is 2.71. The molecule has 0 spiro atoms. The molecule has 2 aromatic heterocycles. The van der Waals surface area contributed by atoms with Gasteiger partial charge in [-0.1, -0.05) is 11.3 Å². The van der Waals surface area contributed by atoms with Crippen LogP contribution in [0.4, 0.5) is 0 Å². The molecule has 0 saturated carbocycles. The number of ether oxygens (including phenoxy) is 1. The van der Waals surface area contributed by atoms with Crippen LogP contribution in [0.1, 0.15) is 17.0 Å². The minimum absolute atomic E-state index is 0.657. The van der Waals surface area contributed by atoms with Crippen LogP contribution in [0.15, 0.2) is 18.2 Å². The maximum absolute atomic E-state index is 9.10. The molecule has 0 unspecified atom stereocenters. The third-order valence-corrected chi connectivity index (χ3v) is 3.57. The average Bonchev–Trinajstić information content (AvgIpc) is 2.82. The second-order valence-corrected chi connectivity index (χ2v) is 4.54. The van der Waals surface area contributed by atoms with E-state index in [-0.39, 0.29) is 0 Å². The molecular weight excluding hydrogens is 220 g/mol. The zero-order valence-corrected chi connectivity index (χ0v) is 10.3. The van der Waals surface area contributed by atoms with Crippen molar-refractivity contribution < 1.29 is 4.74 Å². The lowest BCUT2D eigenvalue weighted by atomic mass is 10.3. The van der Waals surface area contributed by atoms with E-state index in [2.05, 4.69) is 10.6 Å². The number of aromatic nitrogens is 1. The number of thiophene rings is 1. The van der Waals surface area contributed by atoms with Crippen LogP contribution < -0.4 is 4.74 Å². The molecule has 2 rings (SSSR count). The molecule has 0 N–H and O–H groups in total. The fourth-order valence-electron chi connectivity index (χ4n) is 1.69. The van der Waals surface area contributed by atoms with Gasteiger partial charge in [-0.3, -0.25) is 0 Å². The Labute approximate surface area is 98.5 Å². The second-order valence-electron chi connectivity index (χ2n) is 3.55. The maximum Gasteiger partial charge on any atom is 0.176 e. The van der Waals surface area contributed by atoms with Gasteiger partial charge in [0.2, 0.25) is 0 Å². The summed E-state index contributed by atoms with van der Waals surface area (Å²) in [6.45, 7) is 4.06. The van der Waals surface area contributed by atoms with Crippen molar-refractivity contribution in [3.63, 3.8) is 0 Å².